The second-order valence-corrected chi connectivity index (χ2v) is 7.53. The van der Waals surface area contributed by atoms with Crippen molar-refractivity contribution in [3.05, 3.63) is 0 Å². The molecule has 0 spiro atoms. The summed E-state index contributed by atoms with van der Waals surface area (Å²) < 4.78 is 0. The Hall–Kier alpha value is -1.85. The van der Waals surface area contributed by atoms with Crippen LogP contribution in [0.15, 0.2) is 0 Å². The first-order valence-electron chi connectivity index (χ1n) is 9.22. The highest BCUT2D eigenvalue weighted by atomic mass is 32.2. The second-order valence-electron chi connectivity index (χ2n) is 6.55. The van der Waals surface area contributed by atoms with E-state index in [0.717, 1.165) is 0 Å². The summed E-state index contributed by atoms with van der Waals surface area (Å²) in [7, 11) is 0. The third-order valence-corrected chi connectivity index (χ3v) is 4.61. The largest absolute Gasteiger partial charge is 0.480 e. The lowest BCUT2D eigenvalue weighted by Crippen LogP contribution is -2.56. The minimum absolute atomic E-state index is 0.273. The van der Waals surface area contributed by atoms with Gasteiger partial charge in [-0.05, 0) is 58.1 Å². The summed E-state index contributed by atoms with van der Waals surface area (Å²) in [6.45, 7) is 3.41. The lowest BCUT2D eigenvalue weighted by molar-refractivity contribution is -0.142. The van der Waals surface area contributed by atoms with Gasteiger partial charge in [-0.3, -0.25) is 14.4 Å². The van der Waals surface area contributed by atoms with Gasteiger partial charge in [0.15, 0.2) is 0 Å². The van der Waals surface area contributed by atoms with Crippen LogP contribution >= 0.6 is 11.8 Å². The van der Waals surface area contributed by atoms with E-state index >= 15 is 0 Å². The fourth-order valence-electron chi connectivity index (χ4n) is 2.23. The first kappa shape index (κ1) is 26.1. The van der Waals surface area contributed by atoms with Gasteiger partial charge in [-0.25, -0.2) is 4.79 Å². The minimum Gasteiger partial charge on any atom is -0.480 e. The number of thioether (sulfide) groups is 1. The zero-order chi connectivity index (χ0) is 21.7. The van der Waals surface area contributed by atoms with Crippen LogP contribution in [0.4, 0.5) is 0 Å². The van der Waals surface area contributed by atoms with E-state index < -0.39 is 47.9 Å². The van der Waals surface area contributed by atoms with Crippen molar-refractivity contribution in [2.24, 2.45) is 11.5 Å². The number of carbonyl (C=O) groups excluding carboxylic acids is 3. The number of carboxylic acid groups (broad SMARTS) is 1. The Morgan fingerprint density at radius 2 is 1.54 bits per heavy atom. The van der Waals surface area contributed by atoms with Gasteiger partial charge in [0, 0.05) is 0 Å². The summed E-state index contributed by atoms with van der Waals surface area (Å²) in [6.07, 6.45) is 3.76. The van der Waals surface area contributed by atoms with E-state index in [0.29, 0.717) is 31.6 Å². The van der Waals surface area contributed by atoms with Crippen molar-refractivity contribution in [1.29, 1.82) is 0 Å². The first-order valence-corrected chi connectivity index (χ1v) is 10.6. The van der Waals surface area contributed by atoms with Crippen LogP contribution in [0, 0.1) is 0 Å². The van der Waals surface area contributed by atoms with E-state index in [1.807, 2.05) is 6.26 Å². The zero-order valence-corrected chi connectivity index (χ0v) is 17.5. The van der Waals surface area contributed by atoms with Gasteiger partial charge in [0.1, 0.15) is 18.1 Å². The van der Waals surface area contributed by atoms with Gasteiger partial charge in [-0.1, -0.05) is 0 Å². The van der Waals surface area contributed by atoms with Crippen LogP contribution in [0.5, 0.6) is 0 Å². The number of hydrogen-bond acceptors (Lipinski definition) is 7. The predicted molar refractivity (Wildman–Crippen MR) is 109 cm³/mol. The molecule has 11 heteroatoms. The molecule has 3 amide bonds. The average molecular weight is 420 g/mol. The van der Waals surface area contributed by atoms with Gasteiger partial charge in [-0.2, -0.15) is 11.8 Å². The molecular weight excluding hydrogens is 386 g/mol. The van der Waals surface area contributed by atoms with Crippen LogP contribution in [0.25, 0.3) is 0 Å². The Morgan fingerprint density at radius 3 is 2.04 bits per heavy atom. The fourth-order valence-corrected chi connectivity index (χ4v) is 2.71. The molecule has 0 aliphatic carbocycles. The smallest absolute Gasteiger partial charge is 0.326 e. The third kappa shape index (κ3) is 10.5. The quantitative estimate of drug-likeness (QED) is 0.190. The average Bonchev–Trinajstić information content (AvgIpc) is 2.63. The highest BCUT2D eigenvalue weighted by Crippen LogP contribution is 2.04. The fraction of sp³-hybridized carbons (Fsp3) is 0.765. The number of carbonyl (C=O) groups is 4. The van der Waals surface area contributed by atoms with Crippen LogP contribution in [0.2, 0.25) is 0 Å². The molecule has 0 aromatic carbocycles. The molecule has 8 N–H and O–H groups in total. The zero-order valence-electron chi connectivity index (χ0n) is 16.7. The molecule has 0 heterocycles. The molecule has 0 aliphatic heterocycles. The Bertz CT molecular complexity index is 532. The molecule has 0 bridgehead atoms. The lowest BCUT2D eigenvalue weighted by atomic mass is 10.1. The predicted octanol–water partition coefficient (Wildman–Crippen LogP) is -1.23. The Labute approximate surface area is 169 Å². The molecule has 0 saturated heterocycles. The van der Waals surface area contributed by atoms with Crippen molar-refractivity contribution in [2.45, 2.75) is 63.7 Å². The highest BCUT2D eigenvalue weighted by molar-refractivity contribution is 7.98. The maximum absolute atomic E-state index is 12.5. The molecule has 162 valence electrons. The molecule has 10 nitrogen and oxygen atoms in total. The molecule has 0 rings (SSSR count). The Morgan fingerprint density at radius 1 is 0.929 bits per heavy atom. The number of aliphatic carboxylic acids is 1. The van der Waals surface area contributed by atoms with Gasteiger partial charge in [-0.15, -0.1) is 0 Å². The van der Waals surface area contributed by atoms with Crippen LogP contribution in [0.1, 0.15) is 39.5 Å². The number of rotatable bonds is 14. The van der Waals surface area contributed by atoms with Crippen molar-refractivity contribution in [2.75, 3.05) is 18.6 Å². The molecule has 4 atom stereocenters. The molecule has 0 aromatic rings. The van der Waals surface area contributed by atoms with E-state index in [-0.39, 0.29) is 6.42 Å². The van der Waals surface area contributed by atoms with E-state index in [9.17, 15) is 24.3 Å². The molecule has 28 heavy (non-hydrogen) atoms. The molecule has 0 aromatic heterocycles. The van der Waals surface area contributed by atoms with E-state index in [4.69, 9.17) is 11.5 Å². The molecule has 0 radical (unpaired) electrons. The molecule has 0 fully saturated rings. The number of unbranched alkanes of at least 4 members (excludes halogenated alkanes) is 1. The molecule has 0 aliphatic rings. The van der Waals surface area contributed by atoms with Crippen molar-refractivity contribution in [3.63, 3.8) is 0 Å². The lowest BCUT2D eigenvalue weighted by Gasteiger charge is -2.23. The van der Waals surface area contributed by atoms with Crippen LogP contribution < -0.4 is 27.4 Å². The number of amides is 3. The molecule has 4 unspecified atom stereocenters. The van der Waals surface area contributed by atoms with Crippen LogP contribution in [-0.4, -0.2) is 71.5 Å². The first-order chi connectivity index (χ1) is 13.1. The Kier molecular flexibility index (Phi) is 13.3. The van der Waals surface area contributed by atoms with Gasteiger partial charge in [0.2, 0.25) is 17.7 Å². The van der Waals surface area contributed by atoms with Crippen molar-refractivity contribution < 1.29 is 24.3 Å². The summed E-state index contributed by atoms with van der Waals surface area (Å²) >= 11 is 1.47. The highest BCUT2D eigenvalue weighted by Gasteiger charge is 2.27. The van der Waals surface area contributed by atoms with Gasteiger partial charge >= 0.3 is 5.97 Å². The SMILES string of the molecule is CSCCC(NC(=O)C(C)NC(=O)C(CCCCN)NC(=O)C(C)N)C(=O)O. The third-order valence-electron chi connectivity index (χ3n) is 3.97. The number of nitrogens with two attached hydrogens (primary N) is 2. The second kappa shape index (κ2) is 14.2. The van der Waals surface area contributed by atoms with E-state index in [1.165, 1.54) is 25.6 Å². The van der Waals surface area contributed by atoms with E-state index in [1.54, 1.807) is 0 Å². The molecule has 0 saturated carbocycles. The Balaban J connectivity index is 4.88. The standard InChI is InChI=1S/C17H33N5O5S/c1-10(19)14(23)21-12(6-4-5-8-18)16(25)20-11(2)15(24)22-13(17(26)27)7-9-28-3/h10-13H,4-9,18-19H2,1-3H3,(H,20,25)(H,21,23)(H,22,24)(H,26,27). The minimum atomic E-state index is -1.13. The van der Waals surface area contributed by atoms with Crippen molar-refractivity contribution in [1.82, 2.24) is 16.0 Å². The van der Waals surface area contributed by atoms with Crippen molar-refractivity contribution in [3.8, 4) is 0 Å². The summed E-state index contributed by atoms with van der Waals surface area (Å²) in [4.78, 5) is 47.8. The summed E-state index contributed by atoms with van der Waals surface area (Å²) in [5.41, 5.74) is 11.0. The summed E-state index contributed by atoms with van der Waals surface area (Å²) in [6, 6.07) is -3.63. The maximum atomic E-state index is 12.5. The topological polar surface area (TPSA) is 177 Å². The normalized spacial score (nSPS) is 15.0. The number of nitrogens with one attached hydrogen (secondary N) is 3. The van der Waals surface area contributed by atoms with E-state index in [2.05, 4.69) is 16.0 Å². The van der Waals surface area contributed by atoms with Gasteiger partial charge < -0.3 is 32.5 Å². The van der Waals surface area contributed by atoms with Crippen LogP contribution in [0.3, 0.4) is 0 Å². The monoisotopic (exact) mass is 419 g/mol. The van der Waals surface area contributed by atoms with Crippen LogP contribution in [-0.2, 0) is 19.2 Å². The number of carboxylic acids is 1. The summed E-state index contributed by atoms with van der Waals surface area (Å²) in [5.74, 6) is -2.19. The maximum Gasteiger partial charge on any atom is 0.326 e. The number of hydrogen-bond donors (Lipinski definition) is 6. The summed E-state index contributed by atoms with van der Waals surface area (Å²) in [5, 5.41) is 16.7. The van der Waals surface area contributed by atoms with Gasteiger partial charge in [0.05, 0.1) is 6.04 Å². The van der Waals surface area contributed by atoms with Gasteiger partial charge in [0.25, 0.3) is 0 Å². The van der Waals surface area contributed by atoms with Crippen molar-refractivity contribution >= 4 is 35.5 Å². The molecular formula is C17H33N5O5S.